The summed E-state index contributed by atoms with van der Waals surface area (Å²) in [7, 11) is 2.73. The van der Waals surface area contributed by atoms with Gasteiger partial charge in [0.15, 0.2) is 0 Å². The molecule has 72 valence electrons. The molecule has 0 aromatic carbocycles. The Balaban J connectivity index is 4.43. The van der Waals surface area contributed by atoms with E-state index in [1.807, 2.05) is 0 Å². The number of carbonyl (C=O) groups is 1. The molecule has 0 spiro atoms. The normalized spacial score (nSPS) is 14.1. The van der Waals surface area contributed by atoms with E-state index in [9.17, 15) is 4.79 Å². The molecule has 0 rings (SSSR count). The van der Waals surface area contributed by atoms with Crippen molar-refractivity contribution >= 4 is 5.97 Å². The monoisotopic (exact) mass is 177 g/mol. The van der Waals surface area contributed by atoms with E-state index in [0.717, 1.165) is 0 Å². The number of nitrogens with two attached hydrogens (primary N) is 1. The summed E-state index contributed by atoms with van der Waals surface area (Å²) in [6.45, 7) is 3.36. The van der Waals surface area contributed by atoms with Gasteiger partial charge in [0.2, 0.25) is 6.10 Å². The highest BCUT2D eigenvalue weighted by molar-refractivity contribution is 5.75. The lowest BCUT2D eigenvalue weighted by Gasteiger charge is -2.28. The van der Waals surface area contributed by atoms with Gasteiger partial charge in [0.05, 0.1) is 7.11 Å². The Kier molecular flexibility index (Phi) is 4.16. The van der Waals surface area contributed by atoms with Crippen molar-refractivity contribution in [3.05, 3.63) is 0 Å². The third-order valence-electron chi connectivity index (χ3n) is 1.71. The number of carbonyl (C=O) groups excluding carboxylic acids is 1. The molecule has 0 bridgehead atoms. The fraction of sp³-hybridized carbons (Fsp3) is 0.857. The van der Waals surface area contributed by atoms with Crippen molar-refractivity contribution < 1.29 is 19.1 Å². The maximum Gasteiger partial charge on any atom is 0.340 e. The first-order chi connectivity index (χ1) is 5.49. The minimum atomic E-state index is -0.910. The molecule has 0 fully saturated rings. The molecule has 5 heteroatoms. The second-order valence-electron chi connectivity index (χ2n) is 2.85. The maximum atomic E-state index is 11.0. The Morgan fingerprint density at radius 3 is 2.17 bits per heavy atom. The average molecular weight is 177 g/mol. The summed E-state index contributed by atoms with van der Waals surface area (Å²) in [5, 5.41) is 0. The highest BCUT2D eigenvalue weighted by atomic mass is 16.7. The van der Waals surface area contributed by atoms with Crippen LogP contribution in [0.3, 0.4) is 0 Å². The fourth-order valence-corrected chi connectivity index (χ4v) is 0.717. The van der Waals surface area contributed by atoms with E-state index in [4.69, 9.17) is 10.6 Å². The molecular formula is C7H15NO4. The SMILES string of the molecule is COC(=O)[C@@H](ON)C(C)(C)OC. The molecule has 0 saturated heterocycles. The van der Waals surface area contributed by atoms with Gasteiger partial charge >= 0.3 is 5.97 Å². The van der Waals surface area contributed by atoms with Crippen LogP contribution in [-0.2, 0) is 19.1 Å². The van der Waals surface area contributed by atoms with E-state index in [-0.39, 0.29) is 0 Å². The van der Waals surface area contributed by atoms with Crippen LogP contribution < -0.4 is 5.90 Å². The second kappa shape index (κ2) is 4.39. The molecule has 1 atom stereocenters. The number of hydrogen-bond acceptors (Lipinski definition) is 5. The van der Waals surface area contributed by atoms with Gasteiger partial charge in [-0.1, -0.05) is 0 Å². The molecule has 0 radical (unpaired) electrons. The Morgan fingerprint density at radius 2 is 1.92 bits per heavy atom. The van der Waals surface area contributed by atoms with E-state index >= 15 is 0 Å². The maximum absolute atomic E-state index is 11.0. The molecule has 0 saturated carbocycles. The molecule has 12 heavy (non-hydrogen) atoms. The van der Waals surface area contributed by atoms with Crippen molar-refractivity contribution in [3.8, 4) is 0 Å². The third kappa shape index (κ3) is 2.44. The van der Waals surface area contributed by atoms with Gasteiger partial charge in [0.1, 0.15) is 5.60 Å². The van der Waals surface area contributed by atoms with E-state index in [1.54, 1.807) is 13.8 Å². The van der Waals surface area contributed by atoms with Gasteiger partial charge in [-0.15, -0.1) is 0 Å². The topological polar surface area (TPSA) is 70.8 Å². The number of hydrogen-bond donors (Lipinski definition) is 1. The molecule has 0 heterocycles. The van der Waals surface area contributed by atoms with Gasteiger partial charge in [-0.25, -0.2) is 10.7 Å². The fourth-order valence-electron chi connectivity index (χ4n) is 0.717. The summed E-state index contributed by atoms with van der Waals surface area (Å²) < 4.78 is 9.48. The lowest BCUT2D eigenvalue weighted by Crippen LogP contribution is -2.47. The number of rotatable bonds is 4. The zero-order valence-corrected chi connectivity index (χ0v) is 7.79. The van der Waals surface area contributed by atoms with Gasteiger partial charge in [-0.2, -0.15) is 0 Å². The van der Waals surface area contributed by atoms with Gasteiger partial charge in [-0.3, -0.25) is 4.84 Å². The second-order valence-corrected chi connectivity index (χ2v) is 2.85. The van der Waals surface area contributed by atoms with Crippen molar-refractivity contribution in [2.75, 3.05) is 14.2 Å². The largest absolute Gasteiger partial charge is 0.467 e. The quantitative estimate of drug-likeness (QED) is 0.477. The first-order valence-corrected chi connectivity index (χ1v) is 3.48. The van der Waals surface area contributed by atoms with Crippen LogP contribution in [0.15, 0.2) is 0 Å². The molecule has 0 aliphatic rings. The molecule has 5 nitrogen and oxygen atoms in total. The molecule has 0 aliphatic carbocycles. The molecule has 0 aliphatic heterocycles. The van der Waals surface area contributed by atoms with E-state index in [2.05, 4.69) is 9.57 Å². The lowest BCUT2D eigenvalue weighted by molar-refractivity contribution is -0.175. The summed E-state index contributed by atoms with van der Waals surface area (Å²) in [6.07, 6.45) is -0.910. The molecule has 2 N–H and O–H groups in total. The molecule has 0 unspecified atom stereocenters. The van der Waals surface area contributed by atoms with Crippen LogP contribution in [0.2, 0.25) is 0 Å². The molecular weight excluding hydrogens is 162 g/mol. The zero-order chi connectivity index (χ0) is 9.78. The van der Waals surface area contributed by atoms with Crippen LogP contribution in [0.5, 0.6) is 0 Å². The van der Waals surface area contributed by atoms with Crippen molar-refractivity contribution in [2.45, 2.75) is 25.6 Å². The van der Waals surface area contributed by atoms with Gasteiger partial charge in [-0.05, 0) is 13.8 Å². The number of ether oxygens (including phenoxy) is 2. The van der Waals surface area contributed by atoms with Crippen molar-refractivity contribution in [3.63, 3.8) is 0 Å². The first kappa shape index (κ1) is 11.4. The summed E-state index contributed by atoms with van der Waals surface area (Å²) in [4.78, 5) is 15.5. The van der Waals surface area contributed by atoms with Crippen LogP contribution in [0.25, 0.3) is 0 Å². The minimum absolute atomic E-state index is 0.552. The lowest BCUT2D eigenvalue weighted by atomic mass is 10.0. The van der Waals surface area contributed by atoms with Gasteiger partial charge in [0, 0.05) is 7.11 Å². The minimum Gasteiger partial charge on any atom is -0.467 e. The Labute approximate surface area is 71.7 Å². The Bertz CT molecular complexity index is 157. The number of methoxy groups -OCH3 is 2. The molecule has 0 aromatic heterocycles. The van der Waals surface area contributed by atoms with E-state index in [0.29, 0.717) is 0 Å². The zero-order valence-electron chi connectivity index (χ0n) is 7.79. The van der Waals surface area contributed by atoms with Crippen LogP contribution >= 0.6 is 0 Å². The van der Waals surface area contributed by atoms with Crippen LogP contribution in [0.1, 0.15) is 13.8 Å². The summed E-state index contributed by atoms with van der Waals surface area (Å²) in [5.41, 5.74) is -0.790. The standard InChI is InChI=1S/C7H15NO4/c1-7(2,11-4)5(12-8)6(9)10-3/h5H,8H2,1-4H3/t5-/m1/s1. The highest BCUT2D eigenvalue weighted by Gasteiger charge is 2.37. The summed E-state index contributed by atoms with van der Waals surface area (Å²) in [5.74, 6) is 4.38. The predicted octanol–water partition coefficient (Wildman–Crippen LogP) is -0.157. The van der Waals surface area contributed by atoms with Gasteiger partial charge < -0.3 is 9.47 Å². The summed E-state index contributed by atoms with van der Waals surface area (Å²) in [6, 6.07) is 0. The van der Waals surface area contributed by atoms with E-state index in [1.165, 1.54) is 14.2 Å². The van der Waals surface area contributed by atoms with Crippen LogP contribution in [0.4, 0.5) is 0 Å². The van der Waals surface area contributed by atoms with Crippen molar-refractivity contribution in [1.82, 2.24) is 0 Å². The Morgan fingerprint density at radius 1 is 1.42 bits per heavy atom. The Hall–Kier alpha value is -0.650. The molecule has 0 amide bonds. The van der Waals surface area contributed by atoms with Crippen LogP contribution in [0, 0.1) is 0 Å². The highest BCUT2D eigenvalue weighted by Crippen LogP contribution is 2.16. The number of esters is 1. The third-order valence-corrected chi connectivity index (χ3v) is 1.71. The van der Waals surface area contributed by atoms with Crippen LogP contribution in [-0.4, -0.2) is 31.9 Å². The smallest absolute Gasteiger partial charge is 0.340 e. The van der Waals surface area contributed by atoms with E-state index < -0.39 is 17.7 Å². The predicted molar refractivity (Wildman–Crippen MR) is 42.2 cm³/mol. The van der Waals surface area contributed by atoms with Crippen molar-refractivity contribution in [1.29, 1.82) is 0 Å². The van der Waals surface area contributed by atoms with Crippen molar-refractivity contribution in [2.24, 2.45) is 5.90 Å². The average Bonchev–Trinajstić information content (AvgIpc) is 2.05. The first-order valence-electron chi connectivity index (χ1n) is 3.48. The molecule has 0 aromatic rings. The van der Waals surface area contributed by atoms with Gasteiger partial charge in [0.25, 0.3) is 0 Å². The summed E-state index contributed by atoms with van der Waals surface area (Å²) >= 11 is 0.